The molecule has 0 aromatic carbocycles. The molecule has 2 aliphatic carbocycles. The molecule has 0 amide bonds. The molecule has 0 aromatic rings. The summed E-state index contributed by atoms with van der Waals surface area (Å²) in [6, 6.07) is 0. The van der Waals surface area contributed by atoms with Crippen LogP contribution in [0.4, 0.5) is 0 Å². The van der Waals surface area contributed by atoms with Gasteiger partial charge in [0.15, 0.2) is 0 Å². The maximum Gasteiger partial charge on any atom is -0.107 e. The van der Waals surface area contributed by atoms with E-state index in [9.17, 15) is 0 Å². The summed E-state index contributed by atoms with van der Waals surface area (Å²) >= 11 is -0.430. The van der Waals surface area contributed by atoms with Gasteiger partial charge in [-0.15, -0.1) is 48.0 Å². The van der Waals surface area contributed by atoms with Crippen molar-refractivity contribution in [1.82, 2.24) is 0 Å². The molecule has 2 aliphatic rings. The Bertz CT molecular complexity index is 390. The van der Waals surface area contributed by atoms with Gasteiger partial charge in [-0.05, 0) is 0 Å². The van der Waals surface area contributed by atoms with Crippen LogP contribution in [0.2, 0.25) is 0 Å². The molecule has 2 rings (SSSR count). The van der Waals surface area contributed by atoms with Crippen LogP contribution >= 0.6 is 48.0 Å². The topological polar surface area (TPSA) is 0 Å². The van der Waals surface area contributed by atoms with Gasteiger partial charge in [-0.1, -0.05) is 0 Å². The van der Waals surface area contributed by atoms with E-state index in [1.165, 1.54) is 51.4 Å². The molecule has 0 fully saturated rings. The molecule has 3 heteroatoms. The largest absolute Gasteiger partial charge is 0.107 e. The molecule has 0 radical (unpaired) electrons. The molecular weight excluding hydrogens is 654 g/mol. The Morgan fingerprint density at radius 3 is 1.62 bits per heavy atom. The van der Waals surface area contributed by atoms with Crippen molar-refractivity contribution in [3.8, 4) is 0 Å². The molecule has 0 heterocycles. The normalized spacial score (nSPS) is 16.5. The van der Waals surface area contributed by atoms with Gasteiger partial charge in [0.1, 0.15) is 0 Å². The number of unbranched alkanes of at least 4 members (excludes halogenated alkanes) is 2. The van der Waals surface area contributed by atoms with Crippen LogP contribution in [-0.2, 0) is 18.6 Å². The van der Waals surface area contributed by atoms with Crippen molar-refractivity contribution in [3.05, 3.63) is 43.4 Å². The first-order valence-electron chi connectivity index (χ1n) is 7.80. The maximum atomic E-state index is 2.42. The van der Waals surface area contributed by atoms with Gasteiger partial charge in [0.2, 0.25) is 0 Å². The van der Waals surface area contributed by atoms with Gasteiger partial charge in [-0.3, -0.25) is 0 Å². The monoisotopic (exact) mass is 682 g/mol. The van der Waals surface area contributed by atoms with Crippen LogP contribution in [0.5, 0.6) is 0 Å². The van der Waals surface area contributed by atoms with Crippen molar-refractivity contribution >= 4 is 48.0 Å². The van der Waals surface area contributed by atoms with Gasteiger partial charge < -0.3 is 0 Å². The fraction of sp³-hybridized carbons (Fsp3) is 0.556. The zero-order valence-corrected chi connectivity index (χ0v) is 20.8. The Balaban J connectivity index is 0.00000200. The van der Waals surface area contributed by atoms with Crippen LogP contribution in [0, 0.1) is 0 Å². The van der Waals surface area contributed by atoms with E-state index in [1.54, 1.807) is 11.1 Å². The summed E-state index contributed by atoms with van der Waals surface area (Å²) in [4.78, 5) is 0. The average Bonchev–Trinajstić information content (AvgIpc) is 3.04. The Kier molecular flexibility index (Phi) is 13.2. The predicted octanol–water partition coefficient (Wildman–Crippen LogP) is 7.11. The van der Waals surface area contributed by atoms with E-state index in [2.05, 4.69) is 38.2 Å². The minimum Gasteiger partial charge on any atom is -0.107 e. The molecule has 0 bridgehead atoms. The van der Waals surface area contributed by atoms with Gasteiger partial charge in [0.05, 0.1) is 0 Å². The van der Waals surface area contributed by atoms with Crippen molar-refractivity contribution in [2.75, 3.05) is 0 Å². The van der Waals surface area contributed by atoms with Crippen LogP contribution in [0.15, 0.2) is 43.4 Å². The van der Waals surface area contributed by atoms with Crippen LogP contribution in [0.25, 0.3) is 0 Å². The summed E-state index contributed by atoms with van der Waals surface area (Å²) in [6.07, 6.45) is 20.2. The predicted molar refractivity (Wildman–Crippen MR) is 111 cm³/mol. The number of hydrogen-bond acceptors (Lipinski definition) is 0. The van der Waals surface area contributed by atoms with E-state index in [-0.39, 0.29) is 48.0 Å². The van der Waals surface area contributed by atoms with E-state index in [1.807, 2.05) is 7.93 Å². The molecule has 0 saturated heterocycles. The summed E-state index contributed by atoms with van der Waals surface area (Å²) < 4.78 is 3.72. The van der Waals surface area contributed by atoms with Crippen molar-refractivity contribution in [2.45, 2.75) is 65.2 Å². The first-order chi connectivity index (χ1) is 9.35. The third kappa shape index (κ3) is 7.03. The molecule has 0 nitrogen and oxygen atoms in total. The Morgan fingerprint density at radius 1 is 0.810 bits per heavy atom. The molecule has 0 unspecified atom stereocenters. The molecule has 21 heavy (non-hydrogen) atoms. The summed E-state index contributed by atoms with van der Waals surface area (Å²) in [5.74, 6) is 0. The molecule has 0 saturated carbocycles. The summed E-state index contributed by atoms with van der Waals surface area (Å²) in [6.45, 7) is 4.59. The van der Waals surface area contributed by atoms with Crippen molar-refractivity contribution in [2.24, 2.45) is 0 Å². The van der Waals surface area contributed by atoms with Crippen molar-refractivity contribution < 1.29 is 18.6 Å². The summed E-state index contributed by atoms with van der Waals surface area (Å²) in [7, 11) is 0. The molecule has 0 atom stereocenters. The minimum atomic E-state index is -0.430. The van der Waals surface area contributed by atoms with E-state index in [4.69, 9.17) is 0 Å². The molecular formula is C18H28I2W. The third-order valence-electron chi connectivity index (χ3n) is 3.81. The van der Waals surface area contributed by atoms with E-state index in [0.717, 1.165) is 0 Å². The summed E-state index contributed by atoms with van der Waals surface area (Å²) in [5.41, 5.74) is 3.42. The van der Waals surface area contributed by atoms with Crippen LogP contribution in [0.3, 0.4) is 0 Å². The second-order valence-electron chi connectivity index (χ2n) is 5.42. The van der Waals surface area contributed by atoms with Crippen molar-refractivity contribution in [3.63, 3.8) is 0 Å². The van der Waals surface area contributed by atoms with E-state index in [0.29, 0.717) is 0 Å². The fourth-order valence-electron chi connectivity index (χ4n) is 2.61. The molecule has 120 valence electrons. The number of hydrogen-bond donors (Lipinski definition) is 0. The molecule has 0 aliphatic heterocycles. The Labute approximate surface area is 173 Å². The smallest absolute Gasteiger partial charge is 0.107 e. The summed E-state index contributed by atoms with van der Waals surface area (Å²) in [5, 5.41) is 0. The van der Waals surface area contributed by atoms with Crippen LogP contribution in [0.1, 0.15) is 65.2 Å². The average molecular weight is 682 g/mol. The van der Waals surface area contributed by atoms with E-state index < -0.39 is 18.6 Å². The quantitative estimate of drug-likeness (QED) is 0.240. The first kappa shape index (κ1) is 22.1. The van der Waals surface area contributed by atoms with E-state index >= 15 is 0 Å². The van der Waals surface area contributed by atoms with Crippen LogP contribution in [-0.4, -0.2) is 0 Å². The van der Waals surface area contributed by atoms with Gasteiger partial charge >= 0.3 is 127 Å². The SMILES string of the molecule is CCCCC1=[C]([W][C]2=C(CCCC)C=CC2)CC=C1.I.I. The second-order valence-corrected chi connectivity index (χ2v) is 9.69. The first-order valence-corrected chi connectivity index (χ1v) is 10.7. The maximum absolute atomic E-state index is 2.42. The molecule has 0 N–H and O–H groups in total. The number of allylic oxidation sites excluding steroid dienone is 8. The fourth-order valence-corrected chi connectivity index (χ4v) is 7.13. The Hall–Kier alpha value is 1.11. The molecule has 0 aromatic heterocycles. The van der Waals surface area contributed by atoms with Gasteiger partial charge in [0.25, 0.3) is 0 Å². The van der Waals surface area contributed by atoms with Gasteiger partial charge in [0, 0.05) is 0 Å². The Morgan fingerprint density at radius 2 is 1.24 bits per heavy atom. The zero-order chi connectivity index (χ0) is 13.5. The number of halogens is 2. The molecule has 0 spiro atoms. The second kappa shape index (κ2) is 12.5. The van der Waals surface area contributed by atoms with Gasteiger partial charge in [-0.25, -0.2) is 0 Å². The number of rotatable bonds is 8. The van der Waals surface area contributed by atoms with Gasteiger partial charge in [-0.2, -0.15) is 0 Å². The minimum absolute atomic E-state index is 0. The van der Waals surface area contributed by atoms with Crippen molar-refractivity contribution in [1.29, 1.82) is 0 Å². The third-order valence-corrected chi connectivity index (χ3v) is 8.66. The standard InChI is InChI=1S/2C9H13.2HI.W/c2*1-2-3-6-9-7-4-5-8-9;;;/h2*4,7H,2-3,5-6H2,1H3;2*1H;. The van der Waals surface area contributed by atoms with Crippen LogP contribution < -0.4 is 0 Å². The zero-order valence-electron chi connectivity index (χ0n) is 13.2.